The molecule has 0 unspecified atom stereocenters. The summed E-state index contributed by atoms with van der Waals surface area (Å²) in [5.74, 6) is 0. The van der Waals surface area contributed by atoms with Crippen LogP contribution in [0.25, 0.3) is 0 Å². The van der Waals surface area contributed by atoms with Gasteiger partial charge in [-0.25, -0.2) is 0 Å². The fraction of sp³-hybridized carbons (Fsp3) is 0. The van der Waals surface area contributed by atoms with Crippen LogP contribution >= 0.6 is 0 Å². The van der Waals surface area contributed by atoms with Crippen molar-refractivity contribution in [2.75, 3.05) is 0 Å². The van der Waals surface area contributed by atoms with E-state index in [4.69, 9.17) is 4.55 Å². The maximum atomic E-state index is 10.4. The Morgan fingerprint density at radius 2 is 1.58 bits per heavy atom. The van der Waals surface area contributed by atoms with Crippen molar-refractivity contribution >= 4 is 10.1 Å². The quantitative estimate of drug-likeness (QED) is 0.383. The van der Waals surface area contributed by atoms with E-state index in [0.29, 0.717) is 0 Å². The van der Waals surface area contributed by atoms with E-state index in [1.807, 2.05) is 0 Å². The van der Waals surface area contributed by atoms with E-state index in [9.17, 15) is 8.42 Å². The summed E-state index contributed by atoms with van der Waals surface area (Å²) in [7, 11) is -4.00. The van der Waals surface area contributed by atoms with Gasteiger partial charge in [-0.15, -0.1) is 0 Å². The molecule has 3 nitrogen and oxygen atoms in total. The van der Waals surface area contributed by atoms with Crippen molar-refractivity contribution in [3.63, 3.8) is 0 Å². The van der Waals surface area contributed by atoms with Gasteiger partial charge >= 0.3 is 80.9 Å². The predicted octanol–water partition coefficient (Wildman–Crippen LogP) is -4.83. The van der Waals surface area contributed by atoms with Crippen molar-refractivity contribution in [2.45, 2.75) is 4.90 Å². The van der Waals surface area contributed by atoms with Crippen LogP contribution in [0.1, 0.15) is 2.85 Å². The molecule has 0 amide bonds. The third-order valence-corrected chi connectivity index (χ3v) is 1.91. The van der Waals surface area contributed by atoms with Crippen LogP contribution in [0, 0.1) is 0 Å². The Kier molecular flexibility index (Phi) is 9.60. The normalized spacial score (nSPS) is 9.42. The molecule has 1 aromatic rings. The molecule has 0 aromatic heterocycles. The molecular formula is C6H8KNaO3S. The molecule has 0 spiro atoms. The average Bonchev–Trinajstić information content (AvgIpc) is 1.88. The second-order valence-corrected chi connectivity index (χ2v) is 3.21. The summed E-state index contributed by atoms with van der Waals surface area (Å²) in [6, 6.07) is 7.42. The first-order chi connectivity index (χ1) is 4.61. The van der Waals surface area contributed by atoms with Crippen LogP contribution in [0.15, 0.2) is 35.2 Å². The molecule has 6 heteroatoms. The summed E-state index contributed by atoms with van der Waals surface area (Å²) < 4.78 is 29.2. The number of hydrogen-bond acceptors (Lipinski definition) is 2. The summed E-state index contributed by atoms with van der Waals surface area (Å²) in [6.07, 6.45) is 0. The van der Waals surface area contributed by atoms with E-state index in [1.54, 1.807) is 18.2 Å². The van der Waals surface area contributed by atoms with Gasteiger partial charge in [-0.3, -0.25) is 4.55 Å². The van der Waals surface area contributed by atoms with Gasteiger partial charge in [0.2, 0.25) is 0 Å². The van der Waals surface area contributed by atoms with E-state index in [0.717, 1.165) is 0 Å². The number of benzene rings is 1. The number of rotatable bonds is 1. The van der Waals surface area contributed by atoms with Gasteiger partial charge in [0.25, 0.3) is 10.1 Å². The Bertz CT molecular complexity index is 319. The molecule has 0 aliphatic heterocycles. The first-order valence-corrected chi connectivity index (χ1v) is 4.07. The molecule has 0 atom stereocenters. The minimum Gasteiger partial charge on any atom is -1.00 e. The van der Waals surface area contributed by atoms with E-state index in [-0.39, 0.29) is 88.7 Å². The summed E-state index contributed by atoms with van der Waals surface area (Å²) in [5.41, 5.74) is 0. The van der Waals surface area contributed by atoms with Gasteiger partial charge < -0.3 is 2.85 Å². The average molecular weight is 222 g/mol. The van der Waals surface area contributed by atoms with Crippen LogP contribution in [0.2, 0.25) is 0 Å². The fourth-order valence-corrected chi connectivity index (χ4v) is 1.09. The minimum absolute atomic E-state index is 0. The summed E-state index contributed by atoms with van der Waals surface area (Å²) in [5, 5.41) is 0. The van der Waals surface area contributed by atoms with E-state index in [1.165, 1.54) is 12.1 Å². The van der Waals surface area contributed by atoms with Crippen molar-refractivity contribution in [1.29, 1.82) is 0 Å². The van der Waals surface area contributed by atoms with Gasteiger partial charge in [-0.2, -0.15) is 8.42 Å². The minimum atomic E-state index is -4.00. The molecule has 0 aliphatic carbocycles. The zero-order valence-corrected chi connectivity index (χ0v) is 13.0. The van der Waals surface area contributed by atoms with Crippen molar-refractivity contribution in [2.24, 2.45) is 0 Å². The third-order valence-electron chi connectivity index (χ3n) is 1.04. The van der Waals surface area contributed by atoms with Gasteiger partial charge in [0.1, 0.15) is 0 Å². The molecular weight excluding hydrogens is 214 g/mol. The first-order valence-electron chi connectivity index (χ1n) is 2.63. The Morgan fingerprint density at radius 1 is 1.17 bits per heavy atom. The first kappa shape index (κ1) is 16.2. The largest absolute Gasteiger partial charge is 1.00 e. The van der Waals surface area contributed by atoms with Crippen LogP contribution in [0.4, 0.5) is 0 Å². The summed E-state index contributed by atoms with van der Waals surface area (Å²) >= 11 is 0. The second kappa shape index (κ2) is 7.11. The third kappa shape index (κ3) is 5.49. The standard InChI is InChI=1S/C6H6O3S.K.Na.2H/c7-10(8,9)6-4-2-1-3-5-6;;;;/h1-5H,(H,7,8,9);;;;/q;2*+1;2*-1. The van der Waals surface area contributed by atoms with Crippen molar-refractivity contribution in [3.05, 3.63) is 30.3 Å². The van der Waals surface area contributed by atoms with Crippen molar-refractivity contribution in [3.8, 4) is 0 Å². The van der Waals surface area contributed by atoms with Gasteiger partial charge in [-0.05, 0) is 12.1 Å². The smallest absolute Gasteiger partial charge is 1.00 e. The molecule has 0 saturated heterocycles. The van der Waals surface area contributed by atoms with Gasteiger partial charge in [0.15, 0.2) is 0 Å². The molecule has 0 fully saturated rings. The molecule has 58 valence electrons. The molecule has 0 bridgehead atoms. The van der Waals surface area contributed by atoms with E-state index in [2.05, 4.69) is 0 Å². The Balaban J connectivity index is -0.000000125. The molecule has 0 heterocycles. The van der Waals surface area contributed by atoms with Crippen LogP contribution < -0.4 is 80.9 Å². The summed E-state index contributed by atoms with van der Waals surface area (Å²) in [6.45, 7) is 0. The van der Waals surface area contributed by atoms with Crippen molar-refractivity contribution in [1.82, 2.24) is 0 Å². The van der Waals surface area contributed by atoms with E-state index < -0.39 is 10.1 Å². The topological polar surface area (TPSA) is 54.4 Å². The second-order valence-electron chi connectivity index (χ2n) is 1.79. The van der Waals surface area contributed by atoms with E-state index >= 15 is 0 Å². The van der Waals surface area contributed by atoms with Gasteiger partial charge in [-0.1, -0.05) is 18.2 Å². The summed E-state index contributed by atoms with van der Waals surface area (Å²) in [4.78, 5) is -0.0741. The fourth-order valence-electron chi connectivity index (χ4n) is 0.592. The zero-order valence-electron chi connectivity index (χ0n) is 9.06. The molecule has 1 rings (SSSR count). The van der Waals surface area contributed by atoms with Crippen LogP contribution in [-0.4, -0.2) is 13.0 Å². The predicted molar refractivity (Wildman–Crippen MR) is 38.5 cm³/mol. The zero-order chi connectivity index (χ0) is 7.61. The molecule has 12 heavy (non-hydrogen) atoms. The maximum Gasteiger partial charge on any atom is 1.00 e. The maximum absolute atomic E-state index is 10.4. The van der Waals surface area contributed by atoms with Gasteiger partial charge in [0, 0.05) is 0 Å². The van der Waals surface area contributed by atoms with Crippen LogP contribution in [0.3, 0.4) is 0 Å². The Hall–Kier alpha value is 1.77. The van der Waals surface area contributed by atoms with Crippen LogP contribution in [-0.2, 0) is 10.1 Å². The SMILES string of the molecule is O=S(=O)(O)c1ccccc1.[H-].[H-].[K+].[Na+]. The number of hydrogen-bond donors (Lipinski definition) is 1. The molecule has 1 aromatic carbocycles. The van der Waals surface area contributed by atoms with Gasteiger partial charge in [0.05, 0.1) is 4.90 Å². The molecule has 0 aliphatic rings. The molecule has 1 N–H and O–H groups in total. The molecule has 0 saturated carbocycles. The van der Waals surface area contributed by atoms with Crippen molar-refractivity contribution < 1.29 is 96.8 Å². The Morgan fingerprint density at radius 3 is 1.83 bits per heavy atom. The Labute approximate surface area is 139 Å². The monoisotopic (exact) mass is 222 g/mol. The molecule has 0 radical (unpaired) electrons. The van der Waals surface area contributed by atoms with Crippen LogP contribution in [0.5, 0.6) is 0 Å².